The van der Waals surface area contributed by atoms with Gasteiger partial charge in [0.1, 0.15) is 5.82 Å². The number of hydrogen-bond acceptors (Lipinski definition) is 5. The third-order valence-corrected chi connectivity index (χ3v) is 3.41. The minimum Gasteiger partial charge on any atom is -0.372 e. The Morgan fingerprint density at radius 2 is 1.65 bits per heavy atom. The first-order chi connectivity index (χ1) is 10.9. The van der Waals surface area contributed by atoms with Crippen LogP contribution in [-0.4, -0.2) is 28.6 Å². The highest BCUT2D eigenvalue weighted by Crippen LogP contribution is 2.21. The molecule has 2 N–H and O–H groups in total. The number of anilines is 4. The van der Waals surface area contributed by atoms with E-state index in [1.165, 1.54) is 5.69 Å². The SMILES string of the molecule is CCN(CC)c1ccc(Nc2ccnc(NC(C)(C)C)n2)cc1. The molecule has 2 rings (SSSR count). The average molecular weight is 313 g/mol. The average Bonchev–Trinajstić information content (AvgIpc) is 2.49. The molecule has 5 heteroatoms. The molecule has 0 radical (unpaired) electrons. The topological polar surface area (TPSA) is 53.1 Å². The fourth-order valence-electron chi connectivity index (χ4n) is 2.32. The monoisotopic (exact) mass is 313 g/mol. The van der Waals surface area contributed by atoms with Crippen LogP contribution in [0.3, 0.4) is 0 Å². The van der Waals surface area contributed by atoms with Crippen molar-refractivity contribution in [2.75, 3.05) is 28.6 Å². The maximum absolute atomic E-state index is 4.50. The molecule has 0 spiro atoms. The van der Waals surface area contributed by atoms with Gasteiger partial charge in [0, 0.05) is 36.2 Å². The molecule has 0 aliphatic rings. The van der Waals surface area contributed by atoms with Gasteiger partial charge in [-0.3, -0.25) is 0 Å². The van der Waals surface area contributed by atoms with Crippen LogP contribution < -0.4 is 15.5 Å². The van der Waals surface area contributed by atoms with Crippen molar-refractivity contribution in [2.24, 2.45) is 0 Å². The molecule has 2 aromatic rings. The smallest absolute Gasteiger partial charge is 0.225 e. The van der Waals surface area contributed by atoms with Crippen LogP contribution in [0, 0.1) is 0 Å². The fraction of sp³-hybridized carbons (Fsp3) is 0.444. The summed E-state index contributed by atoms with van der Waals surface area (Å²) in [5, 5.41) is 6.60. The number of rotatable bonds is 6. The molecule has 23 heavy (non-hydrogen) atoms. The lowest BCUT2D eigenvalue weighted by Gasteiger charge is -2.21. The third kappa shape index (κ3) is 5.13. The van der Waals surface area contributed by atoms with Crippen LogP contribution in [0.5, 0.6) is 0 Å². The lowest BCUT2D eigenvalue weighted by Crippen LogP contribution is -2.27. The van der Waals surface area contributed by atoms with Gasteiger partial charge in [0.2, 0.25) is 5.95 Å². The number of hydrogen-bond donors (Lipinski definition) is 2. The van der Waals surface area contributed by atoms with Crippen LogP contribution in [-0.2, 0) is 0 Å². The summed E-state index contributed by atoms with van der Waals surface area (Å²) in [6.45, 7) is 12.6. The molecule has 0 unspecified atom stereocenters. The van der Waals surface area contributed by atoms with Crippen LogP contribution in [0.15, 0.2) is 36.5 Å². The molecular formula is C18H27N5. The van der Waals surface area contributed by atoms with Gasteiger partial charge in [0.15, 0.2) is 0 Å². The summed E-state index contributed by atoms with van der Waals surface area (Å²) in [6, 6.07) is 10.3. The van der Waals surface area contributed by atoms with E-state index in [9.17, 15) is 0 Å². The molecule has 0 atom stereocenters. The normalized spacial score (nSPS) is 11.2. The zero-order chi connectivity index (χ0) is 16.9. The van der Waals surface area contributed by atoms with Crippen LogP contribution in [0.1, 0.15) is 34.6 Å². The van der Waals surface area contributed by atoms with E-state index in [0.29, 0.717) is 5.95 Å². The Morgan fingerprint density at radius 1 is 1.00 bits per heavy atom. The van der Waals surface area contributed by atoms with Gasteiger partial charge >= 0.3 is 0 Å². The molecule has 1 heterocycles. The van der Waals surface area contributed by atoms with Crippen LogP contribution in [0.4, 0.5) is 23.1 Å². The van der Waals surface area contributed by atoms with E-state index < -0.39 is 0 Å². The minimum absolute atomic E-state index is 0.0654. The molecule has 124 valence electrons. The van der Waals surface area contributed by atoms with Crippen LogP contribution >= 0.6 is 0 Å². The van der Waals surface area contributed by atoms with E-state index in [1.807, 2.05) is 6.07 Å². The van der Waals surface area contributed by atoms with Gasteiger partial charge in [-0.25, -0.2) is 4.98 Å². The molecule has 0 saturated carbocycles. The molecule has 0 aliphatic heterocycles. The van der Waals surface area contributed by atoms with E-state index in [2.05, 4.69) is 84.4 Å². The molecule has 0 amide bonds. The molecule has 1 aromatic heterocycles. The van der Waals surface area contributed by atoms with Gasteiger partial charge in [-0.15, -0.1) is 0 Å². The Morgan fingerprint density at radius 3 is 2.22 bits per heavy atom. The second kappa shape index (κ2) is 7.31. The Labute approximate surface area is 139 Å². The summed E-state index contributed by atoms with van der Waals surface area (Å²) in [5.74, 6) is 1.41. The summed E-state index contributed by atoms with van der Waals surface area (Å²) in [6.07, 6.45) is 1.76. The maximum atomic E-state index is 4.50. The van der Waals surface area contributed by atoms with Crippen molar-refractivity contribution in [3.05, 3.63) is 36.5 Å². The largest absolute Gasteiger partial charge is 0.372 e. The van der Waals surface area contributed by atoms with E-state index in [1.54, 1.807) is 6.20 Å². The number of aromatic nitrogens is 2. The van der Waals surface area contributed by atoms with E-state index in [-0.39, 0.29) is 5.54 Å². The van der Waals surface area contributed by atoms with Crippen molar-refractivity contribution in [2.45, 2.75) is 40.2 Å². The number of benzene rings is 1. The van der Waals surface area contributed by atoms with Gasteiger partial charge in [-0.05, 0) is 65.0 Å². The van der Waals surface area contributed by atoms with Crippen molar-refractivity contribution in [3.8, 4) is 0 Å². The van der Waals surface area contributed by atoms with E-state index in [0.717, 1.165) is 24.6 Å². The van der Waals surface area contributed by atoms with Crippen molar-refractivity contribution in [3.63, 3.8) is 0 Å². The summed E-state index contributed by atoms with van der Waals surface area (Å²) < 4.78 is 0. The molecule has 0 saturated heterocycles. The van der Waals surface area contributed by atoms with Crippen LogP contribution in [0.25, 0.3) is 0 Å². The van der Waals surface area contributed by atoms with E-state index in [4.69, 9.17) is 0 Å². The molecule has 0 fully saturated rings. The first kappa shape index (κ1) is 17.1. The Bertz CT molecular complexity index is 612. The van der Waals surface area contributed by atoms with Crippen molar-refractivity contribution < 1.29 is 0 Å². The maximum Gasteiger partial charge on any atom is 0.225 e. The molecule has 0 bridgehead atoms. The Hall–Kier alpha value is -2.30. The summed E-state index contributed by atoms with van der Waals surface area (Å²) >= 11 is 0. The summed E-state index contributed by atoms with van der Waals surface area (Å²) in [5.41, 5.74) is 2.18. The number of nitrogens with one attached hydrogen (secondary N) is 2. The minimum atomic E-state index is -0.0654. The molecule has 5 nitrogen and oxygen atoms in total. The molecular weight excluding hydrogens is 286 g/mol. The van der Waals surface area contributed by atoms with E-state index >= 15 is 0 Å². The lowest BCUT2D eigenvalue weighted by molar-refractivity contribution is 0.626. The summed E-state index contributed by atoms with van der Waals surface area (Å²) in [7, 11) is 0. The Balaban J connectivity index is 2.09. The highest BCUT2D eigenvalue weighted by molar-refractivity contribution is 5.61. The van der Waals surface area contributed by atoms with Gasteiger partial charge in [0.05, 0.1) is 0 Å². The van der Waals surface area contributed by atoms with Crippen molar-refractivity contribution in [1.29, 1.82) is 0 Å². The lowest BCUT2D eigenvalue weighted by atomic mass is 10.1. The first-order valence-corrected chi connectivity index (χ1v) is 8.14. The van der Waals surface area contributed by atoms with Crippen molar-refractivity contribution >= 4 is 23.1 Å². The zero-order valence-electron chi connectivity index (χ0n) is 14.7. The first-order valence-electron chi connectivity index (χ1n) is 8.14. The quantitative estimate of drug-likeness (QED) is 0.834. The van der Waals surface area contributed by atoms with Crippen LogP contribution in [0.2, 0.25) is 0 Å². The fourth-order valence-corrected chi connectivity index (χ4v) is 2.32. The highest BCUT2D eigenvalue weighted by atomic mass is 15.2. The number of nitrogens with zero attached hydrogens (tertiary/aromatic N) is 3. The van der Waals surface area contributed by atoms with Gasteiger partial charge < -0.3 is 15.5 Å². The molecule has 0 aliphatic carbocycles. The highest BCUT2D eigenvalue weighted by Gasteiger charge is 2.11. The third-order valence-electron chi connectivity index (χ3n) is 3.41. The second-order valence-electron chi connectivity index (χ2n) is 6.48. The van der Waals surface area contributed by atoms with Gasteiger partial charge in [-0.1, -0.05) is 0 Å². The Kier molecular flexibility index (Phi) is 5.42. The predicted octanol–water partition coefficient (Wildman–Crippen LogP) is 4.28. The van der Waals surface area contributed by atoms with Crippen molar-refractivity contribution in [1.82, 2.24) is 9.97 Å². The predicted molar refractivity (Wildman–Crippen MR) is 98.7 cm³/mol. The van der Waals surface area contributed by atoms with Gasteiger partial charge in [-0.2, -0.15) is 4.98 Å². The van der Waals surface area contributed by atoms with Gasteiger partial charge in [0.25, 0.3) is 0 Å². The zero-order valence-corrected chi connectivity index (χ0v) is 14.7. The second-order valence-corrected chi connectivity index (χ2v) is 6.48. The summed E-state index contributed by atoms with van der Waals surface area (Å²) in [4.78, 5) is 11.1. The standard InChI is InChI=1S/C18H27N5/c1-6-23(7-2)15-10-8-14(9-11-15)20-16-12-13-19-17(21-16)22-18(3,4)5/h8-13H,6-7H2,1-5H3,(H2,19,20,21,22). The molecule has 1 aromatic carbocycles.